The summed E-state index contributed by atoms with van der Waals surface area (Å²) in [6.45, 7) is 1.80. The lowest BCUT2D eigenvalue weighted by atomic mass is 9.71. The molecule has 5 rings (SSSR count). The smallest absolute Gasteiger partial charge is 0.269 e. The standard InChI is InChI=1S/C29H26N4O5/c1-17-26(29(35)32-25-5-3-4-14-30-25)27(19-6-10-21(11-7-19)33(36)37)28-23(31-17)15-20(16-24(28)34)18-8-12-22(38-2)13-9-18/h3-14,20,27,31H,15-16H2,1-2H3,(H,30,32,35). The Hall–Kier alpha value is -4.79. The van der Waals surface area contributed by atoms with Gasteiger partial charge in [0, 0.05) is 53.2 Å². The van der Waals surface area contributed by atoms with Crippen LogP contribution in [0, 0.1) is 10.1 Å². The summed E-state index contributed by atoms with van der Waals surface area (Å²) in [5, 5.41) is 17.4. The van der Waals surface area contributed by atoms with Crippen LogP contribution >= 0.6 is 0 Å². The number of rotatable bonds is 6. The van der Waals surface area contributed by atoms with Crippen molar-refractivity contribution in [2.45, 2.75) is 31.6 Å². The van der Waals surface area contributed by atoms with Crippen LogP contribution in [0.1, 0.15) is 42.7 Å². The highest BCUT2D eigenvalue weighted by atomic mass is 16.6. The molecule has 0 saturated carbocycles. The zero-order chi connectivity index (χ0) is 26.8. The highest BCUT2D eigenvalue weighted by Gasteiger charge is 2.41. The lowest BCUT2D eigenvalue weighted by molar-refractivity contribution is -0.384. The molecule has 1 aromatic heterocycles. The number of ketones is 1. The van der Waals surface area contributed by atoms with E-state index in [1.165, 1.54) is 12.1 Å². The number of nitro groups is 1. The molecule has 1 amide bonds. The van der Waals surface area contributed by atoms with Crippen LogP contribution in [0.4, 0.5) is 11.5 Å². The molecular formula is C29H26N4O5. The minimum atomic E-state index is -0.680. The Kier molecular flexibility index (Phi) is 6.74. The van der Waals surface area contributed by atoms with Crippen LogP contribution in [-0.4, -0.2) is 28.7 Å². The van der Waals surface area contributed by atoms with Gasteiger partial charge in [-0.25, -0.2) is 4.98 Å². The lowest BCUT2D eigenvalue weighted by Gasteiger charge is -2.37. The predicted octanol–water partition coefficient (Wildman–Crippen LogP) is 5.00. The summed E-state index contributed by atoms with van der Waals surface area (Å²) < 4.78 is 5.26. The van der Waals surface area contributed by atoms with Crippen molar-refractivity contribution in [1.29, 1.82) is 0 Å². The molecule has 0 radical (unpaired) electrons. The van der Waals surface area contributed by atoms with E-state index in [9.17, 15) is 19.7 Å². The molecule has 1 aliphatic carbocycles. The molecule has 1 aliphatic heterocycles. The number of allylic oxidation sites excluding steroid dienone is 3. The molecule has 2 N–H and O–H groups in total. The minimum absolute atomic E-state index is 0.0335. The molecule has 2 atom stereocenters. The van der Waals surface area contributed by atoms with Gasteiger partial charge in [0.15, 0.2) is 5.78 Å². The number of non-ortho nitro benzene ring substituents is 1. The zero-order valence-electron chi connectivity index (χ0n) is 20.9. The Morgan fingerprint density at radius 1 is 1.05 bits per heavy atom. The number of pyridine rings is 1. The molecule has 9 nitrogen and oxygen atoms in total. The normalized spacial score (nSPS) is 18.9. The number of methoxy groups -OCH3 is 1. The van der Waals surface area contributed by atoms with Crippen molar-refractivity contribution in [3.63, 3.8) is 0 Å². The second-order valence-electron chi connectivity index (χ2n) is 9.31. The Balaban J connectivity index is 1.55. The Labute approximate surface area is 219 Å². The van der Waals surface area contributed by atoms with Gasteiger partial charge in [-0.05, 0) is 54.7 Å². The summed E-state index contributed by atoms with van der Waals surface area (Å²) in [6.07, 6.45) is 2.45. The van der Waals surface area contributed by atoms with Gasteiger partial charge in [-0.2, -0.15) is 0 Å². The van der Waals surface area contributed by atoms with Crippen molar-refractivity contribution in [1.82, 2.24) is 10.3 Å². The summed E-state index contributed by atoms with van der Waals surface area (Å²) in [4.78, 5) is 42.3. The maximum Gasteiger partial charge on any atom is 0.269 e. The van der Waals surface area contributed by atoms with Crippen molar-refractivity contribution in [3.8, 4) is 5.75 Å². The molecule has 2 unspecified atom stereocenters. The van der Waals surface area contributed by atoms with Crippen molar-refractivity contribution in [2.24, 2.45) is 0 Å². The van der Waals surface area contributed by atoms with Crippen LogP contribution in [0.5, 0.6) is 5.75 Å². The fourth-order valence-corrected chi connectivity index (χ4v) is 5.19. The monoisotopic (exact) mass is 510 g/mol. The summed E-state index contributed by atoms with van der Waals surface area (Å²) in [6, 6.07) is 18.9. The molecule has 0 spiro atoms. The fraction of sp³-hybridized carbons (Fsp3) is 0.207. The number of Topliss-reactive ketones (excluding diaryl/α,β-unsaturated/α-hetero) is 1. The van der Waals surface area contributed by atoms with E-state index in [0.29, 0.717) is 34.6 Å². The first-order valence-electron chi connectivity index (χ1n) is 12.2. The van der Waals surface area contributed by atoms with E-state index in [0.717, 1.165) is 17.0 Å². The maximum atomic E-state index is 13.7. The number of benzene rings is 2. The first-order chi connectivity index (χ1) is 18.4. The number of carbonyl (C=O) groups excluding carboxylic acids is 2. The van der Waals surface area contributed by atoms with Gasteiger partial charge in [-0.3, -0.25) is 19.7 Å². The van der Waals surface area contributed by atoms with Gasteiger partial charge in [0.2, 0.25) is 0 Å². The largest absolute Gasteiger partial charge is 0.497 e. The number of ether oxygens (including phenoxy) is 1. The topological polar surface area (TPSA) is 123 Å². The van der Waals surface area contributed by atoms with Crippen LogP contribution in [0.15, 0.2) is 95.5 Å². The molecule has 0 fully saturated rings. The summed E-state index contributed by atoms with van der Waals surface area (Å²) >= 11 is 0. The molecule has 2 aromatic carbocycles. The number of hydrogen-bond acceptors (Lipinski definition) is 7. The van der Waals surface area contributed by atoms with Crippen LogP contribution in [0.3, 0.4) is 0 Å². The number of hydrogen-bond donors (Lipinski definition) is 2. The SMILES string of the molecule is COc1ccc(C2CC(=O)C3=C(C2)NC(C)=C(C(=O)Nc2ccccn2)C3c2ccc([N+](=O)[O-])cc2)cc1. The molecule has 0 bridgehead atoms. The molecule has 192 valence electrons. The van der Waals surface area contributed by atoms with Gasteiger partial charge < -0.3 is 15.4 Å². The number of nitro benzene ring substituents is 1. The van der Waals surface area contributed by atoms with Crippen LogP contribution in [0.2, 0.25) is 0 Å². The first kappa shape index (κ1) is 24.9. The summed E-state index contributed by atoms with van der Waals surface area (Å²) in [5.41, 5.74) is 3.86. The number of carbonyl (C=O) groups is 2. The van der Waals surface area contributed by atoms with E-state index in [2.05, 4.69) is 15.6 Å². The Morgan fingerprint density at radius 2 is 1.76 bits per heavy atom. The highest BCUT2D eigenvalue weighted by Crippen LogP contribution is 2.46. The average Bonchev–Trinajstić information content (AvgIpc) is 2.92. The number of nitrogens with zero attached hydrogens (tertiary/aromatic N) is 2. The molecule has 2 heterocycles. The quantitative estimate of drug-likeness (QED) is 0.353. The van der Waals surface area contributed by atoms with E-state index in [4.69, 9.17) is 4.74 Å². The Bertz CT molecular complexity index is 1460. The average molecular weight is 511 g/mol. The maximum absolute atomic E-state index is 13.7. The van der Waals surface area contributed by atoms with Crippen molar-refractivity contribution < 1.29 is 19.2 Å². The lowest BCUT2D eigenvalue weighted by Crippen LogP contribution is -2.37. The van der Waals surface area contributed by atoms with Crippen LogP contribution < -0.4 is 15.4 Å². The minimum Gasteiger partial charge on any atom is -0.497 e. The number of anilines is 1. The summed E-state index contributed by atoms with van der Waals surface area (Å²) in [5.74, 6) is -0.0529. The predicted molar refractivity (Wildman–Crippen MR) is 142 cm³/mol. The second kappa shape index (κ2) is 10.3. The van der Waals surface area contributed by atoms with E-state index >= 15 is 0 Å². The fourth-order valence-electron chi connectivity index (χ4n) is 5.19. The summed E-state index contributed by atoms with van der Waals surface area (Å²) in [7, 11) is 1.61. The van der Waals surface area contributed by atoms with E-state index < -0.39 is 16.7 Å². The highest BCUT2D eigenvalue weighted by molar-refractivity contribution is 6.09. The third-order valence-corrected chi connectivity index (χ3v) is 7.00. The van der Waals surface area contributed by atoms with E-state index in [-0.39, 0.29) is 23.8 Å². The van der Waals surface area contributed by atoms with Crippen molar-refractivity contribution in [2.75, 3.05) is 12.4 Å². The Morgan fingerprint density at radius 3 is 2.39 bits per heavy atom. The second-order valence-corrected chi connectivity index (χ2v) is 9.31. The molecule has 3 aromatic rings. The van der Waals surface area contributed by atoms with Gasteiger partial charge in [0.05, 0.1) is 12.0 Å². The molecule has 38 heavy (non-hydrogen) atoms. The van der Waals surface area contributed by atoms with Crippen molar-refractivity contribution in [3.05, 3.63) is 117 Å². The van der Waals surface area contributed by atoms with Gasteiger partial charge in [-0.1, -0.05) is 30.3 Å². The van der Waals surface area contributed by atoms with Crippen molar-refractivity contribution >= 4 is 23.2 Å². The van der Waals surface area contributed by atoms with Crippen LogP contribution in [-0.2, 0) is 9.59 Å². The molecular weight excluding hydrogens is 484 g/mol. The van der Waals surface area contributed by atoms with Gasteiger partial charge in [0.25, 0.3) is 11.6 Å². The third kappa shape index (κ3) is 4.78. The number of dihydropyridines is 1. The van der Waals surface area contributed by atoms with E-state index in [1.807, 2.05) is 24.3 Å². The van der Waals surface area contributed by atoms with Gasteiger partial charge in [0.1, 0.15) is 11.6 Å². The molecule has 0 saturated heterocycles. The van der Waals surface area contributed by atoms with E-state index in [1.54, 1.807) is 50.6 Å². The molecule has 9 heteroatoms. The zero-order valence-corrected chi connectivity index (χ0v) is 20.9. The molecule has 2 aliphatic rings. The van der Waals surface area contributed by atoms with Gasteiger partial charge in [-0.15, -0.1) is 0 Å². The first-order valence-corrected chi connectivity index (χ1v) is 12.2. The number of amides is 1. The number of aromatic nitrogens is 1. The van der Waals surface area contributed by atoms with Gasteiger partial charge >= 0.3 is 0 Å². The van der Waals surface area contributed by atoms with Crippen LogP contribution in [0.25, 0.3) is 0 Å². The third-order valence-electron chi connectivity index (χ3n) is 7.00. The number of nitrogens with one attached hydrogen (secondary N) is 2.